The minimum absolute atomic E-state index is 0.117. The Morgan fingerprint density at radius 3 is 2.33 bits per heavy atom. The molecule has 1 aliphatic rings. The zero-order valence-electron chi connectivity index (χ0n) is 8.83. The molecule has 2 heteroatoms. The van der Waals surface area contributed by atoms with Crippen molar-refractivity contribution in [2.24, 2.45) is 5.41 Å². The van der Waals surface area contributed by atoms with Gasteiger partial charge in [0.2, 0.25) is 0 Å². The molecule has 15 heavy (non-hydrogen) atoms. The van der Waals surface area contributed by atoms with Crippen molar-refractivity contribution in [1.29, 1.82) is 5.26 Å². The molecule has 0 N–H and O–H groups in total. The lowest BCUT2D eigenvalue weighted by molar-refractivity contribution is 0.175. The number of nitrogens with zero attached hydrogens (tertiary/aromatic N) is 1. The highest BCUT2D eigenvalue weighted by molar-refractivity contribution is 6.30. The first-order valence-corrected chi connectivity index (χ1v) is 5.72. The summed E-state index contributed by atoms with van der Waals surface area (Å²) in [5, 5.41) is 10.0. The Balaban J connectivity index is 2.24. The Kier molecular flexibility index (Phi) is 2.71. The van der Waals surface area contributed by atoms with E-state index in [4.69, 9.17) is 11.6 Å². The van der Waals surface area contributed by atoms with Gasteiger partial charge in [0.1, 0.15) is 0 Å². The monoisotopic (exact) mass is 219 g/mol. The first-order valence-electron chi connectivity index (χ1n) is 5.35. The average molecular weight is 220 g/mol. The van der Waals surface area contributed by atoms with Gasteiger partial charge in [0.05, 0.1) is 11.5 Å². The van der Waals surface area contributed by atoms with Gasteiger partial charge in [0.15, 0.2) is 0 Å². The summed E-state index contributed by atoms with van der Waals surface area (Å²) in [5.41, 5.74) is 1.11. The van der Waals surface area contributed by atoms with E-state index in [-0.39, 0.29) is 5.41 Å². The van der Waals surface area contributed by atoms with Crippen LogP contribution in [0.2, 0.25) is 5.02 Å². The maximum atomic E-state index is 9.25. The van der Waals surface area contributed by atoms with Crippen molar-refractivity contribution >= 4 is 11.6 Å². The van der Waals surface area contributed by atoms with Crippen molar-refractivity contribution < 1.29 is 0 Å². The average Bonchev–Trinajstić information content (AvgIpc) is 2.18. The van der Waals surface area contributed by atoms with Gasteiger partial charge in [-0.2, -0.15) is 5.26 Å². The minimum Gasteiger partial charge on any atom is -0.198 e. The molecule has 1 fully saturated rings. The molecule has 1 aromatic rings. The third kappa shape index (κ3) is 1.75. The van der Waals surface area contributed by atoms with Crippen molar-refractivity contribution in [2.45, 2.75) is 32.1 Å². The van der Waals surface area contributed by atoms with Crippen molar-refractivity contribution in [2.75, 3.05) is 0 Å². The Labute approximate surface area is 95.7 Å². The molecule has 1 aromatic carbocycles. The van der Waals surface area contributed by atoms with E-state index < -0.39 is 0 Å². The first-order chi connectivity index (χ1) is 7.18. The highest BCUT2D eigenvalue weighted by atomic mass is 35.5. The second kappa shape index (κ2) is 3.87. The molecule has 0 aliphatic heterocycles. The lowest BCUT2D eigenvalue weighted by atomic mass is 9.61. The first kappa shape index (κ1) is 10.5. The van der Waals surface area contributed by atoms with Gasteiger partial charge in [-0.1, -0.05) is 37.1 Å². The summed E-state index contributed by atoms with van der Waals surface area (Å²) in [6.45, 7) is 2.14. The molecule has 1 saturated carbocycles. The molecule has 1 unspecified atom stereocenters. The molecule has 0 radical (unpaired) electrons. The lowest BCUT2D eigenvalue weighted by Crippen LogP contribution is -2.33. The molecule has 1 atom stereocenters. The van der Waals surface area contributed by atoms with Gasteiger partial charge in [-0.3, -0.25) is 0 Å². The molecule has 0 bridgehead atoms. The second-order valence-corrected chi connectivity index (χ2v) is 4.83. The van der Waals surface area contributed by atoms with Gasteiger partial charge < -0.3 is 0 Å². The van der Waals surface area contributed by atoms with E-state index in [0.29, 0.717) is 5.92 Å². The summed E-state index contributed by atoms with van der Waals surface area (Å²) in [6, 6.07) is 10.4. The van der Waals surface area contributed by atoms with Crippen LogP contribution in [0.3, 0.4) is 0 Å². The van der Waals surface area contributed by atoms with Gasteiger partial charge in [0.25, 0.3) is 0 Å². The van der Waals surface area contributed by atoms with Gasteiger partial charge in [-0.15, -0.1) is 0 Å². The number of benzene rings is 1. The van der Waals surface area contributed by atoms with Crippen molar-refractivity contribution in [3.05, 3.63) is 34.9 Å². The van der Waals surface area contributed by atoms with E-state index in [9.17, 15) is 5.26 Å². The third-order valence-electron chi connectivity index (χ3n) is 3.67. The maximum absolute atomic E-state index is 9.25. The summed E-state index contributed by atoms with van der Waals surface area (Å²) in [4.78, 5) is 0. The molecule has 2 rings (SSSR count). The Bertz CT molecular complexity index is 384. The summed E-state index contributed by atoms with van der Waals surface area (Å²) in [7, 11) is 0. The molecule has 0 aromatic heterocycles. The van der Waals surface area contributed by atoms with Gasteiger partial charge in [0, 0.05) is 5.02 Å². The van der Waals surface area contributed by atoms with Crippen molar-refractivity contribution in [3.8, 4) is 6.07 Å². The SMILES string of the molecule is CC(c1ccc(Cl)cc1)C1(C#N)CCC1. The normalized spacial score (nSPS) is 20.1. The van der Waals surface area contributed by atoms with Crippen LogP contribution in [0.4, 0.5) is 0 Å². The quantitative estimate of drug-likeness (QED) is 0.734. The highest BCUT2D eigenvalue weighted by Gasteiger charge is 2.42. The van der Waals surface area contributed by atoms with E-state index in [0.717, 1.165) is 17.9 Å². The van der Waals surface area contributed by atoms with Crippen LogP contribution in [0.5, 0.6) is 0 Å². The van der Waals surface area contributed by atoms with E-state index in [1.54, 1.807) is 0 Å². The summed E-state index contributed by atoms with van der Waals surface area (Å²) in [6.07, 6.45) is 3.26. The lowest BCUT2D eigenvalue weighted by Gasteiger charge is -2.40. The van der Waals surface area contributed by atoms with E-state index in [1.807, 2.05) is 24.3 Å². The van der Waals surface area contributed by atoms with Gasteiger partial charge >= 0.3 is 0 Å². The number of hydrogen-bond donors (Lipinski definition) is 0. The highest BCUT2D eigenvalue weighted by Crippen LogP contribution is 2.50. The van der Waals surface area contributed by atoms with Crippen LogP contribution in [0, 0.1) is 16.7 Å². The predicted molar refractivity (Wildman–Crippen MR) is 61.8 cm³/mol. The van der Waals surface area contributed by atoms with Crippen molar-refractivity contribution in [1.82, 2.24) is 0 Å². The molecular weight excluding hydrogens is 206 g/mol. The topological polar surface area (TPSA) is 23.8 Å². The predicted octanol–water partition coefficient (Wildman–Crippen LogP) is 4.14. The van der Waals surface area contributed by atoms with Gasteiger partial charge in [-0.05, 0) is 36.5 Å². The standard InChI is InChI=1S/C13H14ClN/c1-10(13(9-15)7-2-8-13)11-3-5-12(14)6-4-11/h3-6,10H,2,7-8H2,1H3. The van der Waals surface area contributed by atoms with Crippen LogP contribution in [0.25, 0.3) is 0 Å². The molecule has 78 valence electrons. The Morgan fingerprint density at radius 2 is 1.93 bits per heavy atom. The van der Waals surface area contributed by atoms with Crippen LogP contribution in [0.15, 0.2) is 24.3 Å². The van der Waals surface area contributed by atoms with Crippen LogP contribution in [-0.4, -0.2) is 0 Å². The van der Waals surface area contributed by atoms with Crippen LogP contribution in [-0.2, 0) is 0 Å². The van der Waals surface area contributed by atoms with Crippen LogP contribution in [0.1, 0.15) is 37.7 Å². The smallest absolute Gasteiger partial charge is 0.0696 e. The third-order valence-corrected chi connectivity index (χ3v) is 3.92. The number of nitriles is 1. The van der Waals surface area contributed by atoms with Gasteiger partial charge in [-0.25, -0.2) is 0 Å². The molecule has 0 heterocycles. The Morgan fingerprint density at radius 1 is 1.33 bits per heavy atom. The van der Waals surface area contributed by atoms with E-state index in [1.165, 1.54) is 12.0 Å². The van der Waals surface area contributed by atoms with Crippen LogP contribution < -0.4 is 0 Å². The fourth-order valence-electron chi connectivity index (χ4n) is 2.27. The molecule has 0 spiro atoms. The summed E-state index contributed by atoms with van der Waals surface area (Å²) >= 11 is 5.85. The van der Waals surface area contributed by atoms with E-state index >= 15 is 0 Å². The fourth-order valence-corrected chi connectivity index (χ4v) is 2.40. The molecule has 1 aliphatic carbocycles. The van der Waals surface area contributed by atoms with E-state index in [2.05, 4.69) is 13.0 Å². The fraction of sp³-hybridized carbons (Fsp3) is 0.462. The maximum Gasteiger partial charge on any atom is 0.0696 e. The van der Waals surface area contributed by atoms with Crippen molar-refractivity contribution in [3.63, 3.8) is 0 Å². The zero-order valence-corrected chi connectivity index (χ0v) is 9.59. The molecule has 0 amide bonds. The molecular formula is C13H14ClN. The van der Waals surface area contributed by atoms with Crippen LogP contribution >= 0.6 is 11.6 Å². The Hall–Kier alpha value is -1.00. The minimum atomic E-state index is -0.117. The largest absolute Gasteiger partial charge is 0.198 e. The molecule has 1 nitrogen and oxygen atoms in total. The number of hydrogen-bond acceptors (Lipinski definition) is 1. The molecule has 0 saturated heterocycles. The number of halogens is 1. The second-order valence-electron chi connectivity index (χ2n) is 4.39. The summed E-state index contributed by atoms with van der Waals surface area (Å²) < 4.78 is 0. The number of rotatable bonds is 2. The summed E-state index contributed by atoms with van der Waals surface area (Å²) in [5.74, 6) is 0.313. The zero-order chi connectivity index (χ0) is 10.9.